The fraction of sp³-hybridized carbons (Fsp3) is 0.308. The van der Waals surface area contributed by atoms with E-state index >= 15 is 0 Å². The first-order valence-electron chi connectivity index (χ1n) is 11.7. The molecule has 3 heterocycles. The maximum atomic E-state index is 12.2. The average molecular weight is 492 g/mol. The van der Waals surface area contributed by atoms with Crippen LogP contribution in [0.2, 0.25) is 0 Å². The first-order chi connectivity index (χ1) is 16.8. The summed E-state index contributed by atoms with van der Waals surface area (Å²) in [7, 11) is -1.49. The molecule has 4 aromatic rings. The van der Waals surface area contributed by atoms with Crippen LogP contribution in [0.5, 0.6) is 0 Å². The third-order valence-corrected chi connectivity index (χ3v) is 7.87. The Hall–Kier alpha value is -3.11. The number of nitrogens with one attached hydrogen (secondary N) is 1. The average Bonchev–Trinajstić information content (AvgIpc) is 3.28. The lowest BCUT2D eigenvalue weighted by Gasteiger charge is -2.41. The van der Waals surface area contributed by atoms with Crippen molar-refractivity contribution in [3.8, 4) is 22.3 Å². The van der Waals surface area contributed by atoms with Crippen LogP contribution in [0.15, 0.2) is 67.1 Å². The minimum atomic E-state index is -2.85. The van der Waals surface area contributed by atoms with E-state index in [2.05, 4.69) is 53.4 Å². The van der Waals surface area contributed by atoms with Gasteiger partial charge in [-0.3, -0.25) is 0 Å². The zero-order valence-electron chi connectivity index (χ0n) is 20.2. The third-order valence-electron chi connectivity index (χ3n) is 6.57. The van der Waals surface area contributed by atoms with Gasteiger partial charge in [-0.15, -0.1) is 5.14 Å². The molecule has 0 bridgehead atoms. The summed E-state index contributed by atoms with van der Waals surface area (Å²) in [5.41, 5.74) is 6.75. The summed E-state index contributed by atoms with van der Waals surface area (Å²) in [4.78, 5) is 7.20. The minimum Gasteiger partial charge on any atom is -0.364 e. The number of aromatic nitrogens is 3. The standard InChI is InChI=1S/C26H31N6O2S/c1-18-12-28-13-19(2)32(18)24-9-7-21(8-10-24)23-14-29-26-25(15-30-31(26)16-23)22-6-4-5-20(11-22)17-35(27,33)34-3/h4-11,14-16,18-19,28H,12-13,17H2,1-3H3,(H2,27,33)/q+1/t18-,19+,35?. The van der Waals surface area contributed by atoms with Crippen molar-refractivity contribution in [1.82, 2.24) is 19.9 Å². The predicted octanol–water partition coefficient (Wildman–Crippen LogP) is 3.68. The topological polar surface area (TPSA) is 97.8 Å². The molecule has 8 nitrogen and oxygen atoms in total. The summed E-state index contributed by atoms with van der Waals surface area (Å²) in [6.45, 7) is 6.50. The zero-order valence-corrected chi connectivity index (χ0v) is 21.0. The molecule has 0 spiro atoms. The molecule has 3 atom stereocenters. The highest BCUT2D eigenvalue weighted by molar-refractivity contribution is 7.95. The van der Waals surface area contributed by atoms with E-state index < -0.39 is 10.4 Å². The molecule has 1 unspecified atom stereocenters. The summed E-state index contributed by atoms with van der Waals surface area (Å²) in [5, 5.41) is 13.7. The first kappa shape index (κ1) is 23.6. The van der Waals surface area contributed by atoms with E-state index in [1.54, 1.807) is 10.7 Å². The van der Waals surface area contributed by atoms with E-state index in [4.69, 9.17) is 14.3 Å². The number of hydrogen-bond acceptors (Lipinski definition) is 6. The van der Waals surface area contributed by atoms with Crippen molar-refractivity contribution in [2.24, 2.45) is 5.14 Å². The Morgan fingerprint density at radius 2 is 1.80 bits per heavy atom. The Labute approximate surface area is 206 Å². The van der Waals surface area contributed by atoms with Crippen molar-refractivity contribution in [2.75, 3.05) is 25.1 Å². The third kappa shape index (κ3) is 4.85. The van der Waals surface area contributed by atoms with Crippen molar-refractivity contribution in [3.05, 3.63) is 72.7 Å². The number of nitrogens with two attached hydrogens (primary N) is 1. The smallest absolute Gasteiger partial charge is 0.293 e. The fourth-order valence-electron chi connectivity index (χ4n) is 4.81. The molecule has 1 aliphatic heterocycles. The van der Waals surface area contributed by atoms with Crippen LogP contribution >= 0.6 is 0 Å². The fourth-order valence-corrected chi connectivity index (χ4v) is 5.58. The maximum Gasteiger partial charge on any atom is 0.293 e. The molecule has 35 heavy (non-hydrogen) atoms. The molecule has 0 radical (unpaired) electrons. The largest absolute Gasteiger partial charge is 0.364 e. The van der Waals surface area contributed by atoms with Gasteiger partial charge < -0.3 is 10.2 Å². The predicted molar refractivity (Wildman–Crippen MR) is 141 cm³/mol. The summed E-state index contributed by atoms with van der Waals surface area (Å²) in [6.07, 6.45) is 5.68. The van der Waals surface area contributed by atoms with Crippen LogP contribution in [0, 0.1) is 0 Å². The number of nitrogens with zero attached hydrogens (tertiary/aromatic N) is 4. The Kier molecular flexibility index (Phi) is 6.41. The monoisotopic (exact) mass is 491 g/mol. The maximum absolute atomic E-state index is 12.2. The van der Waals surface area contributed by atoms with Crippen molar-refractivity contribution in [1.29, 1.82) is 0 Å². The first-order valence-corrected chi connectivity index (χ1v) is 13.4. The molecule has 3 N–H and O–H groups in total. The summed E-state index contributed by atoms with van der Waals surface area (Å²) in [5.74, 6) is 0.148. The van der Waals surface area contributed by atoms with E-state index in [9.17, 15) is 4.21 Å². The van der Waals surface area contributed by atoms with Crippen molar-refractivity contribution in [2.45, 2.75) is 31.7 Å². The SMILES string of the molecule is CO[S+](N)(=O)Cc1cccc(-c2cnn3cc(-c4ccc(N5[C@H](C)CNC[C@@H]5C)cc4)cnc23)c1. The van der Waals surface area contributed by atoms with Crippen molar-refractivity contribution in [3.63, 3.8) is 0 Å². The van der Waals surface area contributed by atoms with Crippen LogP contribution in [0.3, 0.4) is 0 Å². The number of benzene rings is 2. The molecular formula is C26H31N6O2S+. The molecule has 0 saturated carbocycles. The van der Waals surface area contributed by atoms with Gasteiger partial charge in [0.1, 0.15) is 0 Å². The van der Waals surface area contributed by atoms with Crippen LogP contribution in [-0.4, -0.2) is 46.9 Å². The second-order valence-corrected chi connectivity index (χ2v) is 11.1. The van der Waals surface area contributed by atoms with Crippen LogP contribution in [0.1, 0.15) is 19.4 Å². The van der Waals surface area contributed by atoms with Gasteiger partial charge >= 0.3 is 0 Å². The normalized spacial score (nSPS) is 20.2. The number of anilines is 1. The number of rotatable bonds is 6. The second kappa shape index (κ2) is 9.50. The number of piperazine rings is 1. The zero-order chi connectivity index (χ0) is 24.6. The van der Waals surface area contributed by atoms with Crippen LogP contribution < -0.4 is 15.4 Å². The molecule has 5 rings (SSSR count). The number of hydrogen-bond donors (Lipinski definition) is 2. The van der Waals surface area contributed by atoms with E-state index in [1.807, 2.05) is 36.7 Å². The van der Waals surface area contributed by atoms with E-state index in [-0.39, 0.29) is 5.75 Å². The van der Waals surface area contributed by atoms with E-state index in [0.29, 0.717) is 12.1 Å². The molecule has 2 aromatic carbocycles. The molecule has 1 saturated heterocycles. The van der Waals surface area contributed by atoms with Crippen molar-refractivity contribution < 1.29 is 8.39 Å². The highest BCUT2D eigenvalue weighted by atomic mass is 32.3. The van der Waals surface area contributed by atoms with Gasteiger partial charge in [0.05, 0.1) is 13.3 Å². The molecule has 0 amide bonds. The Balaban J connectivity index is 1.41. The Morgan fingerprint density at radius 3 is 2.51 bits per heavy atom. The molecular weight excluding hydrogens is 460 g/mol. The summed E-state index contributed by atoms with van der Waals surface area (Å²) in [6, 6.07) is 17.3. The molecule has 0 aliphatic carbocycles. The van der Waals surface area contributed by atoms with Gasteiger partial charge in [-0.25, -0.2) is 9.50 Å². The van der Waals surface area contributed by atoms with Gasteiger partial charge in [-0.2, -0.15) is 9.28 Å². The van der Waals surface area contributed by atoms with Gasteiger partial charge in [0.15, 0.2) is 11.4 Å². The lowest BCUT2D eigenvalue weighted by atomic mass is 10.0. The lowest BCUT2D eigenvalue weighted by Crippen LogP contribution is -2.55. The highest BCUT2D eigenvalue weighted by Crippen LogP contribution is 2.29. The van der Waals surface area contributed by atoms with Crippen molar-refractivity contribution >= 4 is 21.7 Å². The Morgan fingerprint density at radius 1 is 1.06 bits per heavy atom. The van der Waals surface area contributed by atoms with Gasteiger partial charge in [0.2, 0.25) is 0 Å². The highest BCUT2D eigenvalue weighted by Gasteiger charge is 2.25. The molecule has 2 aromatic heterocycles. The van der Waals surface area contributed by atoms with E-state index in [0.717, 1.165) is 46.6 Å². The van der Waals surface area contributed by atoms with Gasteiger partial charge in [-0.05, 0) is 47.4 Å². The second-order valence-electron chi connectivity index (χ2n) is 9.15. The molecule has 182 valence electrons. The molecule has 9 heteroatoms. The van der Waals surface area contributed by atoms with Crippen LogP contribution in [0.25, 0.3) is 27.9 Å². The lowest BCUT2D eigenvalue weighted by molar-refractivity contribution is 0.410. The van der Waals surface area contributed by atoms with Gasteiger partial charge in [-0.1, -0.05) is 30.3 Å². The van der Waals surface area contributed by atoms with Gasteiger partial charge in [0.25, 0.3) is 10.4 Å². The van der Waals surface area contributed by atoms with Gasteiger partial charge in [0, 0.05) is 59.9 Å². The van der Waals surface area contributed by atoms with Crippen LogP contribution in [0.4, 0.5) is 5.69 Å². The molecule has 1 fully saturated rings. The minimum absolute atomic E-state index is 0.148. The van der Waals surface area contributed by atoms with Crippen LogP contribution in [-0.2, 0) is 24.5 Å². The Bertz CT molecular complexity index is 1380. The molecule has 1 aliphatic rings. The quantitative estimate of drug-likeness (QED) is 0.399. The summed E-state index contributed by atoms with van der Waals surface area (Å²) >= 11 is 0. The number of fused-ring (bicyclic) bond motifs is 1. The van der Waals surface area contributed by atoms with E-state index in [1.165, 1.54) is 12.8 Å². The summed E-state index contributed by atoms with van der Waals surface area (Å²) < 4.78 is 18.9.